The molecule has 8 heteroatoms. The van der Waals surface area contributed by atoms with Crippen molar-refractivity contribution in [2.24, 2.45) is 0 Å². The summed E-state index contributed by atoms with van der Waals surface area (Å²) >= 11 is 2.30. The number of hydrogen-bond donors (Lipinski definition) is 2. The number of carboxylic acids is 2. The Morgan fingerprint density at radius 3 is 2.26 bits per heavy atom. The first-order chi connectivity index (χ1) is 8.97. The fourth-order valence-corrected chi connectivity index (χ4v) is 2.92. The van der Waals surface area contributed by atoms with Crippen LogP contribution < -0.4 is 0 Å². The van der Waals surface area contributed by atoms with Gasteiger partial charge in [-0.2, -0.15) is 0 Å². The number of rotatable bonds is 12. The predicted octanol–water partition coefficient (Wildman–Crippen LogP) is 0.929. The van der Waals surface area contributed by atoms with Crippen LogP contribution in [0.5, 0.6) is 0 Å². The molecule has 0 bridgehead atoms. The number of carbonyl (C=O) groups is 4. The first-order valence-electron chi connectivity index (χ1n) is 5.56. The zero-order valence-corrected chi connectivity index (χ0v) is 11.9. The number of carbonyl (C=O) groups excluding carboxylic acids is 2. The SMILES string of the molecule is O=CCC(SCCC(=O)O)C(=O)CCSCC(=O)O. The minimum atomic E-state index is -0.943. The normalized spacial score (nSPS) is 11.8. The maximum Gasteiger partial charge on any atom is 0.313 e. The van der Waals surface area contributed by atoms with E-state index in [2.05, 4.69) is 0 Å². The molecule has 6 nitrogen and oxygen atoms in total. The van der Waals surface area contributed by atoms with Crippen LogP contribution in [-0.2, 0) is 19.2 Å². The van der Waals surface area contributed by atoms with Crippen molar-refractivity contribution in [1.82, 2.24) is 0 Å². The molecule has 0 aromatic rings. The summed E-state index contributed by atoms with van der Waals surface area (Å²) in [6.07, 6.45) is 0.838. The number of carboxylic acid groups (broad SMARTS) is 2. The number of Topliss-reactive ketones (excluding diaryl/α,β-unsaturated/α-hetero) is 1. The summed E-state index contributed by atoms with van der Waals surface area (Å²) in [5.74, 6) is -1.40. The average molecular weight is 308 g/mol. The van der Waals surface area contributed by atoms with Crippen molar-refractivity contribution in [2.45, 2.75) is 24.5 Å². The fraction of sp³-hybridized carbons (Fsp3) is 0.636. The molecule has 0 aromatic heterocycles. The van der Waals surface area contributed by atoms with Crippen molar-refractivity contribution in [3.8, 4) is 0 Å². The topological polar surface area (TPSA) is 109 Å². The van der Waals surface area contributed by atoms with Crippen LogP contribution in [-0.4, -0.2) is 56.7 Å². The Balaban J connectivity index is 3.99. The van der Waals surface area contributed by atoms with Gasteiger partial charge >= 0.3 is 11.9 Å². The second-order valence-electron chi connectivity index (χ2n) is 3.57. The molecule has 0 aliphatic heterocycles. The van der Waals surface area contributed by atoms with Crippen molar-refractivity contribution in [1.29, 1.82) is 0 Å². The van der Waals surface area contributed by atoms with Crippen LogP contribution in [0.1, 0.15) is 19.3 Å². The van der Waals surface area contributed by atoms with Crippen LogP contribution in [0.4, 0.5) is 0 Å². The summed E-state index contributed by atoms with van der Waals surface area (Å²) in [6.45, 7) is 0. The average Bonchev–Trinajstić information content (AvgIpc) is 2.32. The maximum absolute atomic E-state index is 11.8. The van der Waals surface area contributed by atoms with Gasteiger partial charge in [-0.15, -0.1) is 23.5 Å². The van der Waals surface area contributed by atoms with E-state index in [4.69, 9.17) is 10.2 Å². The molecule has 0 aliphatic rings. The molecule has 0 radical (unpaired) electrons. The predicted molar refractivity (Wildman–Crippen MR) is 73.8 cm³/mol. The third-order valence-electron chi connectivity index (χ3n) is 2.02. The molecular weight excluding hydrogens is 292 g/mol. The third-order valence-corrected chi connectivity index (χ3v) is 4.26. The molecule has 0 fully saturated rings. The van der Waals surface area contributed by atoms with E-state index in [1.807, 2.05) is 0 Å². The zero-order valence-electron chi connectivity index (χ0n) is 10.2. The second-order valence-corrected chi connectivity index (χ2v) is 5.98. The van der Waals surface area contributed by atoms with Gasteiger partial charge in [-0.25, -0.2) is 0 Å². The van der Waals surface area contributed by atoms with E-state index >= 15 is 0 Å². The highest BCUT2D eigenvalue weighted by molar-refractivity contribution is 8.00. The van der Waals surface area contributed by atoms with E-state index < -0.39 is 17.2 Å². The number of ketones is 1. The number of aldehydes is 1. The lowest BCUT2D eigenvalue weighted by Crippen LogP contribution is -2.19. The van der Waals surface area contributed by atoms with Crippen LogP contribution in [0.3, 0.4) is 0 Å². The molecule has 0 saturated carbocycles. The van der Waals surface area contributed by atoms with Gasteiger partial charge in [-0.3, -0.25) is 14.4 Å². The summed E-state index contributed by atoms with van der Waals surface area (Å²) in [5.41, 5.74) is 0. The van der Waals surface area contributed by atoms with Crippen molar-refractivity contribution >= 4 is 47.5 Å². The van der Waals surface area contributed by atoms with Gasteiger partial charge in [0, 0.05) is 24.3 Å². The number of hydrogen-bond acceptors (Lipinski definition) is 6. The Bertz CT molecular complexity index is 331. The van der Waals surface area contributed by atoms with Crippen molar-refractivity contribution in [2.75, 3.05) is 17.3 Å². The van der Waals surface area contributed by atoms with Gasteiger partial charge in [0.05, 0.1) is 17.4 Å². The molecule has 0 amide bonds. The van der Waals surface area contributed by atoms with E-state index in [9.17, 15) is 19.2 Å². The van der Waals surface area contributed by atoms with Crippen molar-refractivity contribution in [3.63, 3.8) is 0 Å². The van der Waals surface area contributed by atoms with Crippen LogP contribution in [0.2, 0.25) is 0 Å². The standard InChI is InChI=1S/C11H16O6S2/c12-4-1-9(19-6-3-10(14)15)8(13)2-5-18-7-11(16)17/h4,9H,1-3,5-7H2,(H,14,15)(H,16,17). The molecule has 108 valence electrons. The van der Waals surface area contributed by atoms with E-state index in [1.54, 1.807) is 0 Å². The third kappa shape index (κ3) is 10.6. The first-order valence-corrected chi connectivity index (χ1v) is 7.77. The Kier molecular flexibility index (Phi) is 10.3. The van der Waals surface area contributed by atoms with Gasteiger partial charge in [0.15, 0.2) is 0 Å². The van der Waals surface area contributed by atoms with E-state index in [0.717, 1.165) is 23.5 Å². The lowest BCUT2D eigenvalue weighted by atomic mass is 10.2. The molecular formula is C11H16O6S2. The highest BCUT2D eigenvalue weighted by atomic mass is 32.2. The summed E-state index contributed by atoms with van der Waals surface area (Å²) < 4.78 is 0. The Labute approximate surface area is 119 Å². The second kappa shape index (κ2) is 10.9. The molecule has 2 N–H and O–H groups in total. The summed E-state index contributed by atoms with van der Waals surface area (Å²) in [7, 11) is 0. The van der Waals surface area contributed by atoms with Gasteiger partial charge in [0.25, 0.3) is 0 Å². The molecule has 0 aliphatic carbocycles. The highest BCUT2D eigenvalue weighted by Crippen LogP contribution is 2.18. The van der Waals surface area contributed by atoms with Gasteiger partial charge in [-0.1, -0.05) is 0 Å². The largest absolute Gasteiger partial charge is 0.481 e. The minimum absolute atomic E-state index is 0.0545. The molecule has 19 heavy (non-hydrogen) atoms. The lowest BCUT2D eigenvalue weighted by molar-refractivity contribution is -0.136. The zero-order chi connectivity index (χ0) is 14.7. The lowest BCUT2D eigenvalue weighted by Gasteiger charge is -2.11. The monoisotopic (exact) mass is 308 g/mol. The van der Waals surface area contributed by atoms with E-state index in [1.165, 1.54) is 0 Å². The Morgan fingerprint density at radius 1 is 1.05 bits per heavy atom. The van der Waals surface area contributed by atoms with Crippen LogP contribution >= 0.6 is 23.5 Å². The molecule has 0 rings (SSSR count). The molecule has 1 atom stereocenters. The van der Waals surface area contributed by atoms with Crippen LogP contribution in [0.15, 0.2) is 0 Å². The smallest absolute Gasteiger partial charge is 0.313 e. The number of aliphatic carboxylic acids is 2. The molecule has 0 heterocycles. The highest BCUT2D eigenvalue weighted by Gasteiger charge is 2.18. The molecule has 0 spiro atoms. The van der Waals surface area contributed by atoms with Gasteiger partial charge < -0.3 is 15.0 Å². The molecule has 0 saturated heterocycles. The fourth-order valence-electron chi connectivity index (χ4n) is 1.16. The summed E-state index contributed by atoms with van der Waals surface area (Å²) in [6, 6.07) is 0. The van der Waals surface area contributed by atoms with Gasteiger partial charge in [0.1, 0.15) is 12.1 Å². The summed E-state index contributed by atoms with van der Waals surface area (Å²) in [5, 5.41) is 16.4. The first kappa shape index (κ1) is 18.0. The van der Waals surface area contributed by atoms with E-state index in [0.29, 0.717) is 12.0 Å². The van der Waals surface area contributed by atoms with Gasteiger partial charge in [-0.05, 0) is 0 Å². The Morgan fingerprint density at radius 2 is 1.74 bits per heavy atom. The molecule has 1 unspecified atom stereocenters. The van der Waals surface area contributed by atoms with Crippen molar-refractivity contribution in [3.05, 3.63) is 0 Å². The van der Waals surface area contributed by atoms with Gasteiger partial charge in [0.2, 0.25) is 0 Å². The summed E-state index contributed by atoms with van der Waals surface area (Å²) in [4.78, 5) is 42.9. The van der Waals surface area contributed by atoms with E-state index in [-0.39, 0.29) is 36.6 Å². The molecule has 0 aromatic carbocycles. The maximum atomic E-state index is 11.8. The van der Waals surface area contributed by atoms with Crippen LogP contribution in [0.25, 0.3) is 0 Å². The Hall–Kier alpha value is -1.02. The van der Waals surface area contributed by atoms with Crippen LogP contribution in [0, 0.1) is 0 Å². The quantitative estimate of drug-likeness (QED) is 0.405. The number of thioether (sulfide) groups is 2. The van der Waals surface area contributed by atoms with Crippen molar-refractivity contribution < 1.29 is 29.4 Å². The minimum Gasteiger partial charge on any atom is -0.481 e.